The number of esters is 4. The molecule has 58 heavy (non-hydrogen) atoms. The number of epoxide rings is 2. The number of nitrogens with one attached hydrogen (secondary N) is 1. The molecule has 1 aromatic rings. The van der Waals surface area contributed by atoms with Gasteiger partial charge < -0.3 is 43.7 Å². The molecule has 4 N–H and O–H groups in total. The van der Waals surface area contributed by atoms with Crippen LogP contribution in [-0.2, 0) is 57.6 Å². The van der Waals surface area contributed by atoms with Gasteiger partial charge in [0.05, 0.1) is 34.7 Å². The molecule has 0 amide bonds. The molecule has 5 aliphatic carbocycles. The van der Waals surface area contributed by atoms with E-state index in [1.54, 1.807) is 32.9 Å². The molecule has 0 bridgehead atoms. The molecule has 1 spiro atoms. The van der Waals surface area contributed by atoms with E-state index < -0.39 is 158 Å². The van der Waals surface area contributed by atoms with Gasteiger partial charge in [-0.15, -0.1) is 0 Å². The molecule has 0 radical (unpaired) electrons. The summed E-state index contributed by atoms with van der Waals surface area (Å²) in [6.07, 6.45) is -8.38. The molecule has 3 saturated heterocycles. The lowest BCUT2D eigenvalue weighted by Gasteiger charge is -2.67. The maximum atomic E-state index is 14.3. The summed E-state index contributed by atoms with van der Waals surface area (Å²) in [5, 5.41) is 38.3. The van der Waals surface area contributed by atoms with Gasteiger partial charge in [0.25, 0.3) is 0 Å². The van der Waals surface area contributed by atoms with E-state index in [2.05, 4.69) is 20.7 Å². The van der Waals surface area contributed by atoms with E-state index in [1.165, 1.54) is 39.8 Å². The van der Waals surface area contributed by atoms with Gasteiger partial charge in [-0.05, 0) is 68.2 Å². The van der Waals surface area contributed by atoms with E-state index >= 15 is 0 Å². The van der Waals surface area contributed by atoms with Crippen molar-refractivity contribution in [2.24, 2.45) is 57.7 Å². The van der Waals surface area contributed by atoms with Gasteiger partial charge in [-0.1, -0.05) is 36.7 Å². The monoisotopic (exact) mass is 895 g/mol. The Labute approximate surface area is 344 Å². The second kappa shape index (κ2) is 12.4. The number of benzene rings is 1. The summed E-state index contributed by atoms with van der Waals surface area (Å²) < 4.78 is 69.0. The first-order valence-electron chi connectivity index (χ1n) is 19.9. The number of ether oxygens (including phenoxy) is 6. The lowest BCUT2D eigenvalue weighted by Crippen LogP contribution is -2.77. The molecule has 9 rings (SSSR count). The van der Waals surface area contributed by atoms with Crippen LogP contribution in [0.15, 0.2) is 33.6 Å². The van der Waals surface area contributed by atoms with Crippen molar-refractivity contribution in [3.05, 3.63) is 28.7 Å². The zero-order valence-corrected chi connectivity index (χ0v) is 35.7. The maximum absolute atomic E-state index is 14.3. The van der Waals surface area contributed by atoms with Crippen LogP contribution in [0.1, 0.15) is 61.8 Å². The summed E-state index contributed by atoms with van der Waals surface area (Å²) in [6.45, 7) is 12.1. The van der Waals surface area contributed by atoms with Gasteiger partial charge >= 0.3 is 23.9 Å². The van der Waals surface area contributed by atoms with Crippen LogP contribution in [0.4, 0.5) is 0 Å². The molecule has 21 atom stereocenters. The first kappa shape index (κ1) is 40.7. The van der Waals surface area contributed by atoms with Crippen molar-refractivity contribution in [1.29, 1.82) is 0 Å². The van der Waals surface area contributed by atoms with Gasteiger partial charge in [0.2, 0.25) is 15.8 Å². The SMILES string of the molecule is CC(=O)O[C@H]1[C@H]2[C@@H]([C@@H](O)[C@@H](NS(=O)(=O)c3ccc(Br)cc3)[C@H]3C[C@@H]4O[C@@H]4[C@H](OC(C)=O)[C@]23C)[C@@H]2[C@@H](O)[C@@H]3[C@H]([C@H](C)[C@H]4O[C@]45OC(=O)[C@@](C)(O)[C@]35C)[C@@]2(C)[C@H]1OC(C)=O. The van der Waals surface area contributed by atoms with Crippen LogP contribution in [-0.4, -0.2) is 114 Å². The topological polar surface area (TPSA) is 237 Å². The summed E-state index contributed by atoms with van der Waals surface area (Å²) in [6, 6.07) is 4.70. The van der Waals surface area contributed by atoms with Gasteiger partial charge in [-0.25, -0.2) is 17.9 Å². The fourth-order valence-electron chi connectivity index (χ4n) is 14.2. The van der Waals surface area contributed by atoms with Crippen LogP contribution >= 0.6 is 15.9 Å². The number of hydrogen-bond acceptors (Lipinski definition) is 15. The van der Waals surface area contributed by atoms with Gasteiger partial charge in [0.1, 0.15) is 30.5 Å². The zero-order chi connectivity index (χ0) is 42.2. The van der Waals surface area contributed by atoms with Gasteiger partial charge in [-0.3, -0.25) is 14.4 Å². The Bertz CT molecular complexity index is 2100. The third-order valence-corrected chi connectivity index (χ3v) is 18.4. The lowest BCUT2D eigenvalue weighted by molar-refractivity contribution is -0.285. The molecule has 5 saturated carbocycles. The summed E-state index contributed by atoms with van der Waals surface area (Å²) in [4.78, 5) is 53.0. The minimum absolute atomic E-state index is 0.0767. The molecule has 1 aromatic carbocycles. The van der Waals surface area contributed by atoms with Crippen molar-refractivity contribution < 1.29 is 71.3 Å². The lowest BCUT2D eigenvalue weighted by atomic mass is 9.40. The Hall–Kier alpha value is -2.71. The highest BCUT2D eigenvalue weighted by Gasteiger charge is 2.93. The minimum atomic E-state index is -4.35. The Kier molecular flexibility index (Phi) is 8.73. The summed E-state index contributed by atoms with van der Waals surface area (Å²) >= 11 is 3.34. The molecule has 3 heterocycles. The van der Waals surface area contributed by atoms with Crippen molar-refractivity contribution in [1.82, 2.24) is 4.72 Å². The Morgan fingerprint density at radius 1 is 0.862 bits per heavy atom. The average molecular weight is 897 g/mol. The molecule has 8 aliphatic rings. The predicted octanol–water partition coefficient (Wildman–Crippen LogP) is 1.59. The molecule has 0 aromatic heterocycles. The number of sulfonamides is 1. The highest BCUT2D eigenvalue weighted by molar-refractivity contribution is 9.10. The van der Waals surface area contributed by atoms with Crippen molar-refractivity contribution in [2.45, 2.75) is 133 Å². The van der Waals surface area contributed by atoms with Crippen molar-refractivity contribution in [2.75, 3.05) is 0 Å². The van der Waals surface area contributed by atoms with E-state index in [-0.39, 0.29) is 11.3 Å². The number of carbonyl (C=O) groups excluding carboxylic acids is 4. The second-order valence-corrected chi connectivity index (χ2v) is 21.5. The quantitative estimate of drug-likeness (QED) is 0.180. The van der Waals surface area contributed by atoms with Gasteiger partial charge in [0, 0.05) is 53.8 Å². The molecule has 318 valence electrons. The number of aliphatic hydroxyl groups is 3. The maximum Gasteiger partial charge on any atom is 0.341 e. The van der Waals surface area contributed by atoms with E-state index in [9.17, 15) is 42.9 Å². The standard InChI is InChI=1S/C40H50BrNO15S/c1-14-23-26(38(7)39(8,49)35(48)57-40(38)32(14)56-40)29(47)24-22-25(31(52-15(2)43)34(37(23,24)6)54-17(4)45)36(5)20(13-21-30(55-21)33(36)53-16(3)44)27(28(22)46)42-58(50,51)19-11-9-18(41)10-12-19/h9-12,14,20-34,42,46-47,49H,13H2,1-8H3/t14-,20+,21-,22-,23-,24+,25+,26-,27-,28+,29+,30-,31-,32+,33-,34-,36-,37+,38-,39+,40-/m0/s1. The molecule has 3 aliphatic heterocycles. The number of rotatable bonds is 6. The van der Waals surface area contributed by atoms with Crippen LogP contribution in [0.2, 0.25) is 0 Å². The first-order chi connectivity index (χ1) is 26.9. The third kappa shape index (κ3) is 4.91. The highest BCUT2D eigenvalue weighted by atomic mass is 79.9. The van der Waals surface area contributed by atoms with Crippen molar-refractivity contribution in [3.63, 3.8) is 0 Å². The predicted molar refractivity (Wildman–Crippen MR) is 199 cm³/mol. The molecule has 18 heteroatoms. The highest BCUT2D eigenvalue weighted by Crippen LogP contribution is 2.81. The van der Waals surface area contributed by atoms with Crippen molar-refractivity contribution >= 4 is 49.8 Å². The van der Waals surface area contributed by atoms with E-state index in [0.29, 0.717) is 4.47 Å². The van der Waals surface area contributed by atoms with Crippen LogP contribution in [0.3, 0.4) is 0 Å². The Morgan fingerprint density at radius 2 is 1.47 bits per heavy atom. The molecular weight excluding hydrogens is 846 g/mol. The fourth-order valence-corrected chi connectivity index (χ4v) is 15.7. The van der Waals surface area contributed by atoms with Crippen LogP contribution in [0.5, 0.6) is 0 Å². The molecule has 8 fully saturated rings. The zero-order valence-electron chi connectivity index (χ0n) is 33.3. The number of aliphatic hydroxyl groups excluding tert-OH is 2. The fraction of sp³-hybridized carbons (Fsp3) is 0.750. The van der Waals surface area contributed by atoms with Crippen molar-refractivity contribution in [3.8, 4) is 0 Å². The first-order valence-corrected chi connectivity index (χ1v) is 22.1. The number of carbonyl (C=O) groups is 4. The van der Waals surface area contributed by atoms with Crippen LogP contribution in [0.25, 0.3) is 0 Å². The van der Waals surface area contributed by atoms with Gasteiger partial charge in [0.15, 0.2) is 5.60 Å². The van der Waals surface area contributed by atoms with Crippen LogP contribution < -0.4 is 4.72 Å². The summed E-state index contributed by atoms with van der Waals surface area (Å²) in [5.74, 6) is -11.0. The number of halogens is 1. The van der Waals surface area contributed by atoms with Gasteiger partial charge in [-0.2, -0.15) is 0 Å². The molecule has 16 nitrogen and oxygen atoms in total. The minimum Gasteiger partial charge on any atom is -0.459 e. The van der Waals surface area contributed by atoms with E-state index in [0.717, 1.165) is 0 Å². The smallest absolute Gasteiger partial charge is 0.341 e. The normalized spacial score (nSPS) is 52.9. The second-order valence-electron chi connectivity index (χ2n) is 18.8. The van der Waals surface area contributed by atoms with E-state index in [1.807, 2.05) is 6.92 Å². The third-order valence-electron chi connectivity index (χ3n) is 16.4. The Balaban J connectivity index is 1.29. The van der Waals surface area contributed by atoms with Crippen LogP contribution in [0, 0.1) is 57.7 Å². The number of hydrogen-bond donors (Lipinski definition) is 4. The summed E-state index contributed by atoms with van der Waals surface area (Å²) in [5.41, 5.74) is -6.52. The molecular formula is C40H50BrNO15S. The average Bonchev–Trinajstić information content (AvgIpc) is 4.03. The number of fused-ring (bicyclic) bond motifs is 9. The van der Waals surface area contributed by atoms with E-state index in [4.69, 9.17) is 28.4 Å². The Morgan fingerprint density at radius 3 is 2.07 bits per heavy atom. The molecule has 0 unspecified atom stereocenters. The largest absolute Gasteiger partial charge is 0.459 e. The summed E-state index contributed by atoms with van der Waals surface area (Å²) in [7, 11) is -4.35.